The fraction of sp³-hybridized carbons (Fsp3) is 0.0870. The summed E-state index contributed by atoms with van der Waals surface area (Å²) >= 11 is 0. The first kappa shape index (κ1) is 18.9. The van der Waals surface area contributed by atoms with Gasteiger partial charge in [0.2, 0.25) is 0 Å². The van der Waals surface area contributed by atoms with Gasteiger partial charge in [0.25, 0.3) is 5.69 Å². The first-order chi connectivity index (χ1) is 13.6. The topological polar surface area (TPSA) is 76.2 Å². The third-order valence-electron chi connectivity index (χ3n) is 4.24. The fourth-order valence-electron chi connectivity index (χ4n) is 2.67. The van der Waals surface area contributed by atoms with Crippen molar-refractivity contribution in [2.75, 3.05) is 0 Å². The van der Waals surface area contributed by atoms with Crippen LogP contribution in [-0.2, 0) is 6.61 Å². The highest BCUT2D eigenvalue weighted by atomic mass is 16.6. The average Bonchev–Trinajstić information content (AvgIpc) is 2.72. The zero-order chi connectivity index (χ0) is 19.9. The van der Waals surface area contributed by atoms with Crippen LogP contribution in [0.1, 0.15) is 22.3 Å². The van der Waals surface area contributed by atoms with Gasteiger partial charge in [-0.2, -0.15) is 5.26 Å². The number of hydrogen-bond donors (Lipinski definition) is 0. The van der Waals surface area contributed by atoms with Crippen LogP contribution in [0, 0.1) is 28.4 Å². The highest BCUT2D eigenvalue weighted by Crippen LogP contribution is 2.26. The summed E-state index contributed by atoms with van der Waals surface area (Å²) < 4.78 is 5.95. The third-order valence-corrected chi connectivity index (χ3v) is 4.24. The molecule has 28 heavy (non-hydrogen) atoms. The first-order valence-corrected chi connectivity index (χ1v) is 8.71. The van der Waals surface area contributed by atoms with Crippen molar-refractivity contribution in [1.29, 1.82) is 5.26 Å². The number of nitriles is 1. The summed E-state index contributed by atoms with van der Waals surface area (Å²) in [5.41, 5.74) is 4.02. The monoisotopic (exact) mass is 370 g/mol. The number of nitro benzene ring substituents is 1. The van der Waals surface area contributed by atoms with Crippen LogP contribution in [0.5, 0.6) is 5.75 Å². The van der Waals surface area contributed by atoms with Crippen molar-refractivity contribution >= 4 is 17.3 Å². The van der Waals surface area contributed by atoms with E-state index in [0.29, 0.717) is 23.5 Å². The Morgan fingerprint density at radius 2 is 1.75 bits per heavy atom. The molecular formula is C23H18N2O3. The minimum Gasteiger partial charge on any atom is -0.488 e. The molecule has 0 radical (unpaired) electrons. The SMILES string of the molecule is Cc1ccc(COc2ccccc2/C=C(/C#N)c2ccc([N+](=O)[O-])cc2)cc1. The molecule has 138 valence electrons. The van der Waals surface area contributed by atoms with Crippen LogP contribution in [0.4, 0.5) is 5.69 Å². The van der Waals surface area contributed by atoms with E-state index in [1.54, 1.807) is 18.2 Å². The lowest BCUT2D eigenvalue weighted by molar-refractivity contribution is -0.384. The summed E-state index contributed by atoms with van der Waals surface area (Å²) in [6.45, 7) is 2.46. The van der Waals surface area contributed by atoms with Gasteiger partial charge in [0.15, 0.2) is 0 Å². The Labute approximate surface area is 163 Å². The molecule has 0 saturated carbocycles. The van der Waals surface area contributed by atoms with Crippen molar-refractivity contribution in [3.05, 3.63) is 105 Å². The third kappa shape index (κ3) is 4.63. The predicted molar refractivity (Wildman–Crippen MR) is 109 cm³/mol. The van der Waals surface area contributed by atoms with E-state index in [4.69, 9.17) is 4.74 Å². The van der Waals surface area contributed by atoms with E-state index in [2.05, 4.69) is 6.07 Å². The maximum absolute atomic E-state index is 10.8. The molecule has 0 unspecified atom stereocenters. The van der Waals surface area contributed by atoms with E-state index in [-0.39, 0.29) is 5.69 Å². The number of ether oxygens (including phenoxy) is 1. The molecule has 0 amide bonds. The lowest BCUT2D eigenvalue weighted by Gasteiger charge is -2.10. The maximum Gasteiger partial charge on any atom is 0.269 e. The number of hydrogen-bond acceptors (Lipinski definition) is 4. The van der Waals surface area contributed by atoms with Crippen molar-refractivity contribution in [1.82, 2.24) is 0 Å². The Bertz CT molecular complexity index is 1050. The Morgan fingerprint density at radius 1 is 1.07 bits per heavy atom. The molecule has 0 aliphatic carbocycles. The van der Waals surface area contributed by atoms with Gasteiger partial charge in [-0.3, -0.25) is 10.1 Å². The van der Waals surface area contributed by atoms with Gasteiger partial charge in [0.1, 0.15) is 12.4 Å². The lowest BCUT2D eigenvalue weighted by Crippen LogP contribution is -1.97. The highest BCUT2D eigenvalue weighted by Gasteiger charge is 2.09. The minimum atomic E-state index is -0.465. The van der Waals surface area contributed by atoms with Crippen LogP contribution < -0.4 is 4.74 Å². The van der Waals surface area contributed by atoms with Crippen molar-refractivity contribution < 1.29 is 9.66 Å². The van der Waals surface area contributed by atoms with E-state index in [1.807, 2.05) is 55.5 Å². The average molecular weight is 370 g/mol. The number of allylic oxidation sites excluding steroid dienone is 1. The van der Waals surface area contributed by atoms with Gasteiger partial charge in [-0.1, -0.05) is 48.0 Å². The molecular weight excluding hydrogens is 352 g/mol. The predicted octanol–water partition coefficient (Wildman–Crippen LogP) is 5.55. The van der Waals surface area contributed by atoms with Gasteiger partial charge in [-0.05, 0) is 42.3 Å². The number of rotatable bonds is 6. The van der Waals surface area contributed by atoms with Gasteiger partial charge in [-0.25, -0.2) is 0 Å². The van der Waals surface area contributed by atoms with Gasteiger partial charge < -0.3 is 4.74 Å². The van der Waals surface area contributed by atoms with Crippen molar-refractivity contribution in [3.8, 4) is 11.8 Å². The van der Waals surface area contributed by atoms with E-state index in [9.17, 15) is 15.4 Å². The molecule has 3 rings (SSSR count). The van der Waals surface area contributed by atoms with Crippen LogP contribution in [0.25, 0.3) is 11.6 Å². The van der Waals surface area contributed by atoms with Crippen molar-refractivity contribution in [2.24, 2.45) is 0 Å². The fourth-order valence-corrected chi connectivity index (χ4v) is 2.67. The summed E-state index contributed by atoms with van der Waals surface area (Å²) in [6.07, 6.45) is 1.73. The molecule has 0 atom stereocenters. The molecule has 0 fully saturated rings. The molecule has 0 aliphatic rings. The largest absolute Gasteiger partial charge is 0.488 e. The zero-order valence-electron chi connectivity index (χ0n) is 15.3. The van der Waals surface area contributed by atoms with Crippen molar-refractivity contribution in [3.63, 3.8) is 0 Å². The Hall–Kier alpha value is -3.91. The number of aryl methyl sites for hydroxylation is 1. The number of non-ortho nitro benzene ring substituents is 1. The molecule has 0 bridgehead atoms. The zero-order valence-corrected chi connectivity index (χ0v) is 15.3. The molecule has 0 aromatic heterocycles. The number of nitrogens with zero attached hydrogens (tertiary/aromatic N) is 2. The van der Waals surface area contributed by atoms with Gasteiger partial charge in [-0.15, -0.1) is 0 Å². The van der Waals surface area contributed by atoms with Crippen LogP contribution in [0.3, 0.4) is 0 Å². The van der Waals surface area contributed by atoms with Crippen LogP contribution in [-0.4, -0.2) is 4.92 Å². The summed E-state index contributed by atoms with van der Waals surface area (Å²) in [5.74, 6) is 0.665. The quantitative estimate of drug-likeness (QED) is 0.247. The normalized spacial score (nSPS) is 10.9. The summed E-state index contributed by atoms with van der Waals surface area (Å²) in [7, 11) is 0. The van der Waals surface area contributed by atoms with E-state index >= 15 is 0 Å². The van der Waals surface area contributed by atoms with Crippen LogP contribution in [0.15, 0.2) is 72.8 Å². The molecule has 5 nitrogen and oxygen atoms in total. The number of benzene rings is 3. The second kappa shape index (κ2) is 8.65. The number of para-hydroxylation sites is 1. The van der Waals surface area contributed by atoms with E-state index < -0.39 is 4.92 Å². The van der Waals surface area contributed by atoms with Crippen LogP contribution >= 0.6 is 0 Å². The van der Waals surface area contributed by atoms with E-state index in [0.717, 1.165) is 11.1 Å². The Balaban J connectivity index is 1.84. The standard InChI is InChI=1S/C23H18N2O3/c1-17-6-8-18(9-7-17)16-28-23-5-3-2-4-20(23)14-21(15-24)19-10-12-22(13-11-19)25(26)27/h2-14H,16H2,1H3/b21-14-. The molecule has 0 heterocycles. The molecule has 3 aromatic rings. The Morgan fingerprint density at radius 3 is 2.39 bits per heavy atom. The summed E-state index contributed by atoms with van der Waals surface area (Å²) in [4.78, 5) is 10.3. The lowest BCUT2D eigenvalue weighted by atomic mass is 10.0. The summed E-state index contributed by atoms with van der Waals surface area (Å²) in [6, 6.07) is 23.7. The molecule has 0 aliphatic heterocycles. The second-order valence-electron chi connectivity index (χ2n) is 6.29. The van der Waals surface area contributed by atoms with Crippen LogP contribution in [0.2, 0.25) is 0 Å². The molecule has 0 saturated heterocycles. The summed E-state index contributed by atoms with van der Waals surface area (Å²) in [5, 5.41) is 20.4. The van der Waals surface area contributed by atoms with Gasteiger partial charge in [0, 0.05) is 17.7 Å². The number of nitro groups is 1. The Kier molecular flexibility index (Phi) is 5.83. The first-order valence-electron chi connectivity index (χ1n) is 8.71. The maximum atomic E-state index is 10.8. The van der Waals surface area contributed by atoms with Gasteiger partial charge >= 0.3 is 0 Å². The molecule has 0 spiro atoms. The minimum absolute atomic E-state index is 0.0112. The molecule has 5 heteroatoms. The smallest absolute Gasteiger partial charge is 0.269 e. The second-order valence-corrected chi connectivity index (χ2v) is 6.29. The van der Waals surface area contributed by atoms with Gasteiger partial charge in [0.05, 0.1) is 16.6 Å². The molecule has 3 aromatic carbocycles. The molecule has 0 N–H and O–H groups in total. The highest BCUT2D eigenvalue weighted by molar-refractivity contribution is 5.90. The van der Waals surface area contributed by atoms with Crippen molar-refractivity contribution in [2.45, 2.75) is 13.5 Å². The van der Waals surface area contributed by atoms with E-state index in [1.165, 1.54) is 17.7 Å².